The Labute approximate surface area is 132 Å². The molecule has 1 heterocycles. The minimum absolute atomic E-state index is 0.184. The van der Waals surface area contributed by atoms with E-state index in [4.69, 9.17) is 9.31 Å². The van der Waals surface area contributed by atoms with Crippen molar-refractivity contribution in [3.05, 3.63) is 40.4 Å². The number of hydrogen-bond acceptors (Lipinski definition) is 4. The number of rotatable bonds is 3. The molecule has 2 rings (SSSR count). The summed E-state index contributed by atoms with van der Waals surface area (Å²) in [5.41, 5.74) is 2.03. The first-order chi connectivity index (χ1) is 10.2. The number of aliphatic hydroxyl groups excluding tert-OH is 1. The first kappa shape index (κ1) is 16.8. The molecule has 0 unspecified atom stereocenters. The Bertz CT molecular complexity index is 628. The fourth-order valence-corrected chi connectivity index (χ4v) is 2.34. The monoisotopic (exact) mass is 299 g/mol. The summed E-state index contributed by atoms with van der Waals surface area (Å²) in [6.07, 6.45) is 1.80. The second kappa shape index (κ2) is 5.88. The van der Waals surface area contributed by atoms with Gasteiger partial charge in [0.1, 0.15) is 0 Å². The number of aryl methyl sites for hydroxylation is 1. The zero-order chi connectivity index (χ0) is 16.5. The van der Waals surface area contributed by atoms with Crippen LogP contribution in [0.1, 0.15) is 44.4 Å². The summed E-state index contributed by atoms with van der Waals surface area (Å²) in [5, 5.41) is 19.0. The average molecular weight is 299 g/mol. The van der Waals surface area contributed by atoms with Crippen molar-refractivity contribution in [1.82, 2.24) is 0 Å². The van der Waals surface area contributed by atoms with Crippen molar-refractivity contribution in [2.24, 2.45) is 0 Å². The van der Waals surface area contributed by atoms with E-state index in [1.54, 1.807) is 12.1 Å². The van der Waals surface area contributed by atoms with Crippen molar-refractivity contribution < 1.29 is 14.4 Å². The van der Waals surface area contributed by atoms with Crippen LogP contribution < -0.4 is 0 Å². The molecule has 1 saturated heterocycles. The van der Waals surface area contributed by atoms with Crippen molar-refractivity contribution in [2.75, 3.05) is 6.61 Å². The number of hydrogen-bond donors (Lipinski definition) is 1. The lowest BCUT2D eigenvalue weighted by molar-refractivity contribution is 0.00578. The molecular weight excluding hydrogens is 277 g/mol. The lowest BCUT2D eigenvalue weighted by atomic mass is 9.77. The Kier molecular flexibility index (Phi) is 4.48. The van der Waals surface area contributed by atoms with Crippen molar-refractivity contribution in [1.29, 1.82) is 5.26 Å². The van der Waals surface area contributed by atoms with Gasteiger partial charge in [0.05, 0.1) is 29.4 Å². The summed E-state index contributed by atoms with van der Waals surface area (Å²) < 4.78 is 11.9. The van der Waals surface area contributed by atoms with Gasteiger partial charge in [-0.3, -0.25) is 0 Å². The minimum atomic E-state index is -0.610. The quantitative estimate of drug-likeness (QED) is 0.872. The maximum absolute atomic E-state index is 9.73. The fraction of sp³-hybridized carbons (Fsp3) is 0.471. The predicted molar refractivity (Wildman–Crippen MR) is 87.0 cm³/mol. The van der Waals surface area contributed by atoms with E-state index in [0.717, 1.165) is 11.1 Å². The molecule has 0 radical (unpaired) electrons. The summed E-state index contributed by atoms with van der Waals surface area (Å²) in [6, 6.07) is 7.73. The van der Waals surface area contributed by atoms with Gasteiger partial charge in [-0.25, -0.2) is 0 Å². The Morgan fingerprint density at radius 2 is 1.86 bits per heavy atom. The second-order valence-corrected chi connectivity index (χ2v) is 6.61. The fourth-order valence-electron chi connectivity index (χ4n) is 2.34. The molecule has 1 aliphatic heterocycles. The van der Waals surface area contributed by atoms with Gasteiger partial charge >= 0.3 is 7.12 Å². The van der Waals surface area contributed by atoms with Gasteiger partial charge in [0.25, 0.3) is 0 Å². The van der Waals surface area contributed by atoms with Crippen LogP contribution in [0.3, 0.4) is 0 Å². The molecule has 1 aromatic carbocycles. The van der Waals surface area contributed by atoms with Crippen molar-refractivity contribution in [3.63, 3.8) is 0 Å². The zero-order valence-corrected chi connectivity index (χ0v) is 13.8. The standard InChI is InChI=1S/C17H22BNO3/c1-12-7-6-8-13(10-19)15(12)9-14(11-20)18-21-16(2,3)17(4,5)22-18/h6-9,20H,11H2,1-5H3. The van der Waals surface area contributed by atoms with Gasteiger partial charge in [0.2, 0.25) is 0 Å². The van der Waals surface area contributed by atoms with Gasteiger partial charge < -0.3 is 14.4 Å². The van der Waals surface area contributed by atoms with E-state index in [1.807, 2.05) is 46.8 Å². The molecular formula is C17H22BNO3. The normalized spacial score (nSPS) is 20.0. The highest BCUT2D eigenvalue weighted by atomic mass is 16.7. The molecule has 1 aromatic rings. The van der Waals surface area contributed by atoms with E-state index >= 15 is 0 Å². The molecule has 0 aromatic heterocycles. The van der Waals surface area contributed by atoms with Gasteiger partial charge in [-0.2, -0.15) is 5.26 Å². The lowest BCUT2D eigenvalue weighted by Crippen LogP contribution is -2.41. The maximum Gasteiger partial charge on any atom is 0.492 e. The summed E-state index contributed by atoms with van der Waals surface area (Å²) in [6.45, 7) is 9.63. The molecule has 1 fully saturated rings. The highest BCUT2D eigenvalue weighted by molar-refractivity contribution is 6.55. The van der Waals surface area contributed by atoms with Crippen LogP contribution in [-0.2, 0) is 9.31 Å². The average Bonchev–Trinajstić information content (AvgIpc) is 2.65. The summed E-state index contributed by atoms with van der Waals surface area (Å²) in [4.78, 5) is 0. The first-order valence-electron chi connectivity index (χ1n) is 7.38. The van der Waals surface area contributed by atoms with Crippen LogP contribution in [0.15, 0.2) is 23.7 Å². The molecule has 116 valence electrons. The molecule has 5 heteroatoms. The van der Waals surface area contributed by atoms with Crippen molar-refractivity contribution in [2.45, 2.75) is 45.8 Å². The molecule has 0 spiro atoms. The topological polar surface area (TPSA) is 62.5 Å². The molecule has 0 aliphatic carbocycles. The minimum Gasteiger partial charge on any atom is -0.400 e. The lowest BCUT2D eigenvalue weighted by Gasteiger charge is -2.32. The second-order valence-electron chi connectivity index (χ2n) is 6.61. The molecule has 1 aliphatic rings. The van der Waals surface area contributed by atoms with Gasteiger partial charge in [0, 0.05) is 0 Å². The highest BCUT2D eigenvalue weighted by Gasteiger charge is 2.52. The van der Waals surface area contributed by atoms with E-state index in [0.29, 0.717) is 11.0 Å². The summed E-state index contributed by atoms with van der Waals surface area (Å²) >= 11 is 0. The number of nitriles is 1. The molecule has 4 nitrogen and oxygen atoms in total. The smallest absolute Gasteiger partial charge is 0.400 e. The zero-order valence-electron chi connectivity index (χ0n) is 13.8. The summed E-state index contributed by atoms with van der Waals surface area (Å²) in [7, 11) is -0.610. The number of aliphatic hydroxyl groups is 1. The molecule has 22 heavy (non-hydrogen) atoms. The molecule has 0 atom stereocenters. The van der Waals surface area contributed by atoms with Crippen LogP contribution in [0, 0.1) is 18.3 Å². The van der Waals surface area contributed by atoms with Gasteiger partial charge in [-0.1, -0.05) is 18.2 Å². The predicted octanol–water partition coefficient (Wildman–Crippen LogP) is 2.87. The molecule has 0 saturated carbocycles. The third-order valence-electron chi connectivity index (χ3n) is 4.51. The van der Waals surface area contributed by atoms with E-state index in [-0.39, 0.29) is 6.61 Å². The van der Waals surface area contributed by atoms with Crippen LogP contribution in [0.4, 0.5) is 0 Å². The van der Waals surface area contributed by atoms with E-state index < -0.39 is 18.3 Å². The largest absolute Gasteiger partial charge is 0.492 e. The van der Waals surface area contributed by atoms with E-state index in [1.165, 1.54) is 0 Å². The third-order valence-corrected chi connectivity index (χ3v) is 4.51. The third kappa shape index (κ3) is 2.96. The Morgan fingerprint density at radius 1 is 1.27 bits per heavy atom. The van der Waals surface area contributed by atoms with E-state index in [2.05, 4.69) is 6.07 Å². The van der Waals surface area contributed by atoms with Crippen molar-refractivity contribution >= 4 is 13.2 Å². The Hall–Kier alpha value is -1.61. The van der Waals surface area contributed by atoms with Crippen LogP contribution in [0.5, 0.6) is 0 Å². The van der Waals surface area contributed by atoms with Crippen LogP contribution in [-0.4, -0.2) is 30.0 Å². The number of benzene rings is 1. The van der Waals surface area contributed by atoms with Gasteiger partial charge in [-0.05, 0) is 57.3 Å². The van der Waals surface area contributed by atoms with Gasteiger partial charge in [0.15, 0.2) is 0 Å². The Balaban J connectivity index is 2.41. The maximum atomic E-state index is 9.73. The van der Waals surface area contributed by atoms with E-state index in [9.17, 15) is 10.4 Å². The van der Waals surface area contributed by atoms with Gasteiger partial charge in [-0.15, -0.1) is 0 Å². The van der Waals surface area contributed by atoms with Crippen molar-refractivity contribution in [3.8, 4) is 6.07 Å². The summed E-state index contributed by atoms with van der Waals surface area (Å²) in [5.74, 6) is 0. The highest BCUT2D eigenvalue weighted by Crippen LogP contribution is 2.38. The number of nitrogens with zero attached hydrogens (tertiary/aromatic N) is 1. The molecule has 0 amide bonds. The first-order valence-corrected chi connectivity index (χ1v) is 7.38. The Morgan fingerprint density at radius 3 is 2.36 bits per heavy atom. The van der Waals surface area contributed by atoms with Crippen LogP contribution in [0.2, 0.25) is 0 Å². The van der Waals surface area contributed by atoms with Crippen LogP contribution in [0.25, 0.3) is 6.08 Å². The van der Waals surface area contributed by atoms with Crippen LogP contribution >= 0.6 is 0 Å². The SMILES string of the molecule is Cc1cccc(C#N)c1C=C(CO)B1OC(C)(C)C(C)(C)O1. The molecule has 1 N–H and O–H groups in total. The molecule has 0 bridgehead atoms.